The lowest BCUT2D eigenvalue weighted by Crippen LogP contribution is -1.83. The third-order valence-corrected chi connectivity index (χ3v) is 0.724. The number of nitrogens with zero attached hydrogens (tertiary/aromatic N) is 2. The largest absolute Gasteiger partial charge is 0.258 e. The summed E-state index contributed by atoms with van der Waals surface area (Å²) in [5, 5.41) is 29.4. The summed E-state index contributed by atoms with van der Waals surface area (Å²) >= 11 is 0. The molecule has 0 amide bonds. The van der Waals surface area contributed by atoms with Gasteiger partial charge in [0.05, 0.1) is 0 Å². The van der Waals surface area contributed by atoms with Crippen molar-refractivity contribution in [2.75, 3.05) is 0 Å². The van der Waals surface area contributed by atoms with E-state index in [1.165, 1.54) is 12.1 Å². The summed E-state index contributed by atoms with van der Waals surface area (Å²) in [5.74, 6) is 3.43. The highest BCUT2D eigenvalue weighted by molar-refractivity contribution is 5.81. The predicted octanol–water partition coefficient (Wildman–Crippen LogP) is 0.383. The Labute approximate surface area is 57.3 Å². The molecule has 0 saturated carbocycles. The summed E-state index contributed by atoms with van der Waals surface area (Å²) in [5.41, 5.74) is -0.532. The van der Waals surface area contributed by atoms with Gasteiger partial charge in [-0.1, -0.05) is 0 Å². The molecule has 46 valence electrons. The maximum Gasteiger partial charge on any atom is 0.140 e. The van der Waals surface area contributed by atoms with Crippen molar-refractivity contribution >= 4 is 11.7 Å². The minimum atomic E-state index is -0.266. The van der Waals surface area contributed by atoms with Gasteiger partial charge in [0.2, 0.25) is 0 Å². The van der Waals surface area contributed by atoms with Crippen molar-refractivity contribution in [3.8, 4) is 12.1 Å². The molecule has 0 aliphatic carbocycles. The van der Waals surface area contributed by atoms with Crippen molar-refractivity contribution < 1.29 is 0 Å². The molecule has 0 heterocycles. The first-order valence-electron chi connectivity index (χ1n) is 2.20. The fraction of sp³-hybridized carbons (Fsp3) is 0. The summed E-state index contributed by atoms with van der Waals surface area (Å²) in [6, 6.07) is 3.06. The molecule has 0 saturated heterocycles. The Morgan fingerprint density at radius 2 is 1.20 bits per heavy atom. The van der Waals surface area contributed by atoms with E-state index < -0.39 is 0 Å². The van der Waals surface area contributed by atoms with E-state index in [-0.39, 0.29) is 11.1 Å². The first-order chi connectivity index (χ1) is 4.79. The van der Waals surface area contributed by atoms with Crippen LogP contribution in [0.4, 0.5) is 0 Å². The number of nitriles is 2. The zero-order valence-electron chi connectivity index (χ0n) is 4.89. The van der Waals surface area contributed by atoms with Crippen molar-refractivity contribution in [2.45, 2.75) is 0 Å². The van der Waals surface area contributed by atoms with Crippen LogP contribution in [0.1, 0.15) is 0 Å². The minimum absolute atomic E-state index is 0.266. The van der Waals surface area contributed by atoms with E-state index in [1.807, 2.05) is 0 Å². The second kappa shape index (κ2) is 3.83. The van der Waals surface area contributed by atoms with Crippen LogP contribution >= 0.6 is 0 Å². The summed E-state index contributed by atoms with van der Waals surface area (Å²) in [6.07, 6.45) is 0. The maximum absolute atomic E-state index is 8.19. The number of nitrogens with one attached hydrogen (secondary N) is 2. The molecule has 0 unspecified atom stereocenters. The average Bonchev–Trinajstić information content (AvgIpc) is 2.00. The zero-order valence-corrected chi connectivity index (χ0v) is 4.89. The lowest BCUT2D eigenvalue weighted by molar-refractivity contribution is 1.45. The lowest BCUT2D eigenvalue weighted by Gasteiger charge is -1.79. The first-order valence-corrected chi connectivity index (χ1v) is 2.20. The van der Waals surface area contributed by atoms with Gasteiger partial charge in [0.1, 0.15) is 23.3 Å². The van der Waals surface area contributed by atoms with E-state index in [2.05, 4.69) is 0 Å². The van der Waals surface area contributed by atoms with Crippen LogP contribution in [0, 0.1) is 33.5 Å². The van der Waals surface area contributed by atoms with Gasteiger partial charge < -0.3 is 0 Å². The third kappa shape index (κ3) is 1.43. The SMILES string of the molecule is N#CC(=C=N)C(=C=N)C#N. The number of hydrogen-bond acceptors (Lipinski definition) is 4. The molecule has 0 aromatic carbocycles. The van der Waals surface area contributed by atoms with Gasteiger partial charge in [0.25, 0.3) is 0 Å². The molecule has 2 N–H and O–H groups in total. The maximum atomic E-state index is 8.19. The Morgan fingerprint density at radius 3 is 1.30 bits per heavy atom. The monoisotopic (exact) mass is 130 g/mol. The predicted molar refractivity (Wildman–Crippen MR) is 33.7 cm³/mol. The van der Waals surface area contributed by atoms with Gasteiger partial charge in [0, 0.05) is 0 Å². The molecule has 0 aromatic heterocycles. The summed E-state index contributed by atoms with van der Waals surface area (Å²) in [7, 11) is 0. The number of hydrogen-bond donors (Lipinski definition) is 2. The molecule has 0 fully saturated rings. The van der Waals surface area contributed by atoms with Gasteiger partial charge in [-0.2, -0.15) is 10.5 Å². The van der Waals surface area contributed by atoms with Crippen LogP contribution in [-0.2, 0) is 0 Å². The average molecular weight is 130 g/mol. The fourth-order valence-electron chi connectivity index (χ4n) is 0.293. The molecule has 10 heavy (non-hydrogen) atoms. The second-order valence-electron chi connectivity index (χ2n) is 1.22. The highest BCUT2D eigenvalue weighted by atomic mass is 14.4. The van der Waals surface area contributed by atoms with Crippen LogP contribution < -0.4 is 0 Å². The van der Waals surface area contributed by atoms with Crippen molar-refractivity contribution in [1.29, 1.82) is 21.3 Å². The van der Waals surface area contributed by atoms with Gasteiger partial charge in [0.15, 0.2) is 0 Å². The van der Waals surface area contributed by atoms with Crippen LogP contribution in [-0.4, -0.2) is 11.7 Å². The van der Waals surface area contributed by atoms with Gasteiger partial charge in [-0.25, -0.2) is 0 Å². The topological polar surface area (TPSA) is 95.3 Å². The second-order valence-corrected chi connectivity index (χ2v) is 1.22. The van der Waals surface area contributed by atoms with Crippen LogP contribution in [0.3, 0.4) is 0 Å². The molecule has 0 aliphatic rings. The Bertz CT molecular complexity index is 279. The number of rotatable bonds is 1. The van der Waals surface area contributed by atoms with E-state index in [0.717, 1.165) is 0 Å². The van der Waals surface area contributed by atoms with E-state index in [4.69, 9.17) is 21.3 Å². The van der Waals surface area contributed by atoms with Gasteiger partial charge >= 0.3 is 0 Å². The van der Waals surface area contributed by atoms with E-state index >= 15 is 0 Å². The first kappa shape index (κ1) is 7.88. The smallest absolute Gasteiger partial charge is 0.140 e. The molecule has 0 spiro atoms. The third-order valence-electron chi connectivity index (χ3n) is 0.724. The molecule has 4 nitrogen and oxygen atoms in total. The standard InChI is InChI=1S/C6H2N4/c7-1-5(2-8)6(3-9)4-10/h7,9H. The molecule has 0 rings (SSSR count). The molecule has 0 atom stereocenters. The van der Waals surface area contributed by atoms with Crippen LogP contribution in [0.25, 0.3) is 0 Å². The molecular weight excluding hydrogens is 128 g/mol. The summed E-state index contributed by atoms with van der Waals surface area (Å²) in [4.78, 5) is 0. The van der Waals surface area contributed by atoms with Crippen LogP contribution in [0.15, 0.2) is 11.1 Å². The summed E-state index contributed by atoms with van der Waals surface area (Å²) < 4.78 is 0. The molecule has 0 aromatic rings. The molecule has 0 radical (unpaired) electrons. The number of allylic oxidation sites excluding steroid dienone is 2. The van der Waals surface area contributed by atoms with Crippen molar-refractivity contribution in [2.24, 2.45) is 0 Å². The van der Waals surface area contributed by atoms with E-state index in [0.29, 0.717) is 0 Å². The lowest BCUT2D eigenvalue weighted by atomic mass is 10.2. The highest BCUT2D eigenvalue weighted by Crippen LogP contribution is 1.97. The van der Waals surface area contributed by atoms with Crippen LogP contribution in [0.2, 0.25) is 0 Å². The molecular formula is C6H2N4. The van der Waals surface area contributed by atoms with E-state index in [9.17, 15) is 0 Å². The molecule has 4 heteroatoms. The fourth-order valence-corrected chi connectivity index (χ4v) is 0.293. The van der Waals surface area contributed by atoms with Crippen LogP contribution in [0.5, 0.6) is 0 Å². The summed E-state index contributed by atoms with van der Waals surface area (Å²) in [6.45, 7) is 0. The van der Waals surface area contributed by atoms with Crippen molar-refractivity contribution in [1.82, 2.24) is 0 Å². The highest BCUT2D eigenvalue weighted by Gasteiger charge is 2.00. The van der Waals surface area contributed by atoms with Crippen molar-refractivity contribution in [3.05, 3.63) is 11.1 Å². The Balaban J connectivity index is 5.09. The Kier molecular flexibility index (Phi) is 3.02. The zero-order chi connectivity index (χ0) is 7.98. The Hall–Kier alpha value is -2.12. The normalized spacial score (nSPS) is 5.80. The molecule has 0 bridgehead atoms. The van der Waals surface area contributed by atoms with E-state index in [1.54, 1.807) is 11.7 Å². The Morgan fingerprint density at radius 1 is 0.900 bits per heavy atom. The van der Waals surface area contributed by atoms with Gasteiger partial charge in [-0.15, -0.1) is 0 Å². The van der Waals surface area contributed by atoms with Crippen molar-refractivity contribution in [3.63, 3.8) is 0 Å². The van der Waals surface area contributed by atoms with Gasteiger partial charge in [-0.05, 0) is 11.7 Å². The minimum Gasteiger partial charge on any atom is -0.258 e. The van der Waals surface area contributed by atoms with Gasteiger partial charge in [-0.3, -0.25) is 10.8 Å². The molecule has 0 aliphatic heterocycles. The quantitative estimate of drug-likeness (QED) is 0.305.